The van der Waals surface area contributed by atoms with Crippen molar-refractivity contribution in [2.75, 3.05) is 31.1 Å². The lowest BCUT2D eigenvalue weighted by Crippen LogP contribution is -2.47. The summed E-state index contributed by atoms with van der Waals surface area (Å²) in [5.74, 6) is -0.220. The van der Waals surface area contributed by atoms with Gasteiger partial charge in [-0.15, -0.1) is 0 Å². The van der Waals surface area contributed by atoms with Crippen molar-refractivity contribution in [2.45, 2.75) is 38.0 Å². The van der Waals surface area contributed by atoms with E-state index in [0.717, 1.165) is 49.3 Å². The number of nitrogens with one attached hydrogen (secondary N) is 1. The zero-order valence-electron chi connectivity index (χ0n) is 21.1. The number of hydrogen-bond acceptors (Lipinski definition) is 4. The highest BCUT2D eigenvalue weighted by Gasteiger charge is 2.47. The Morgan fingerprint density at radius 1 is 1.11 bits per heavy atom. The predicted octanol–water partition coefficient (Wildman–Crippen LogP) is 5.68. The first-order valence-electron chi connectivity index (χ1n) is 13.0. The van der Waals surface area contributed by atoms with Crippen LogP contribution in [-0.2, 0) is 29.9 Å². The molecule has 38 heavy (non-hydrogen) atoms. The van der Waals surface area contributed by atoms with E-state index in [1.54, 1.807) is 24.4 Å². The second-order valence-corrected chi connectivity index (χ2v) is 10.8. The third-order valence-corrected chi connectivity index (χ3v) is 8.20. The summed E-state index contributed by atoms with van der Waals surface area (Å²) < 4.78 is 18.9. The molecule has 3 aliphatic heterocycles. The molecule has 1 aromatic heterocycles. The smallest absolute Gasteiger partial charge is 0.322 e. The summed E-state index contributed by atoms with van der Waals surface area (Å²) in [7, 11) is 0. The van der Waals surface area contributed by atoms with E-state index >= 15 is 0 Å². The number of nitrogens with zero attached hydrogens (tertiary/aromatic N) is 3. The quantitative estimate of drug-likeness (QED) is 0.429. The fourth-order valence-corrected chi connectivity index (χ4v) is 6.04. The average Bonchev–Trinajstić information content (AvgIpc) is 3.51. The van der Waals surface area contributed by atoms with Gasteiger partial charge in [0.1, 0.15) is 11.0 Å². The highest BCUT2D eigenvalue weighted by Crippen LogP contribution is 2.48. The summed E-state index contributed by atoms with van der Waals surface area (Å²) in [6.07, 6.45) is 7.79. The van der Waals surface area contributed by atoms with Crippen LogP contribution in [0.2, 0.25) is 5.15 Å². The van der Waals surface area contributed by atoms with E-state index in [2.05, 4.69) is 33.4 Å². The van der Waals surface area contributed by atoms with Crippen LogP contribution in [0.5, 0.6) is 0 Å². The van der Waals surface area contributed by atoms with Gasteiger partial charge >= 0.3 is 6.03 Å². The van der Waals surface area contributed by atoms with Crippen molar-refractivity contribution in [1.82, 2.24) is 15.2 Å². The molecule has 6 nitrogen and oxygen atoms in total. The third-order valence-electron chi connectivity index (χ3n) is 7.99. The van der Waals surface area contributed by atoms with E-state index in [0.29, 0.717) is 31.5 Å². The minimum atomic E-state index is -0.220. The van der Waals surface area contributed by atoms with Gasteiger partial charge in [0, 0.05) is 36.9 Å². The van der Waals surface area contributed by atoms with Gasteiger partial charge in [0.15, 0.2) is 0 Å². The number of benzene rings is 2. The molecule has 0 radical (unpaired) electrons. The minimum Gasteiger partial charge on any atom is -0.372 e. The molecule has 1 fully saturated rings. The van der Waals surface area contributed by atoms with E-state index in [1.807, 2.05) is 17.0 Å². The normalized spacial score (nSPS) is 18.2. The number of halogens is 2. The number of urea groups is 1. The molecule has 196 valence electrons. The molecule has 0 bridgehead atoms. The summed E-state index contributed by atoms with van der Waals surface area (Å²) in [5, 5.41) is 3.49. The highest BCUT2D eigenvalue weighted by molar-refractivity contribution is 6.29. The number of carbonyl (C=O) groups is 1. The van der Waals surface area contributed by atoms with Gasteiger partial charge in [0.2, 0.25) is 0 Å². The molecular weight excluding hydrogens is 503 g/mol. The first-order chi connectivity index (χ1) is 18.5. The molecule has 0 atom stereocenters. The van der Waals surface area contributed by atoms with Gasteiger partial charge in [0.05, 0.1) is 13.2 Å². The Labute approximate surface area is 227 Å². The van der Waals surface area contributed by atoms with E-state index in [-0.39, 0.29) is 17.3 Å². The zero-order chi connectivity index (χ0) is 26.1. The molecule has 0 unspecified atom stereocenters. The van der Waals surface area contributed by atoms with E-state index in [9.17, 15) is 9.18 Å². The van der Waals surface area contributed by atoms with Crippen molar-refractivity contribution >= 4 is 29.4 Å². The first kappa shape index (κ1) is 25.0. The molecule has 2 amide bonds. The maximum absolute atomic E-state index is 13.4. The Morgan fingerprint density at radius 2 is 1.87 bits per heavy atom. The lowest BCUT2D eigenvalue weighted by atomic mass is 9.73. The fraction of sp³-hybridized carbons (Fsp3) is 0.333. The van der Waals surface area contributed by atoms with E-state index in [1.165, 1.54) is 28.8 Å². The number of amides is 2. The monoisotopic (exact) mass is 532 g/mol. The number of carbonyl (C=O) groups excluding carboxylic acids is 1. The molecule has 3 aromatic rings. The molecular formula is C30H30ClFN4O2. The number of likely N-dealkylation sites (tertiary alicyclic amines) is 1. The zero-order valence-corrected chi connectivity index (χ0v) is 21.9. The lowest BCUT2D eigenvalue weighted by molar-refractivity contribution is 0.134. The number of fused-ring (bicyclic) bond motifs is 3. The van der Waals surface area contributed by atoms with Crippen LogP contribution in [0.15, 0.2) is 60.8 Å². The lowest BCUT2D eigenvalue weighted by Gasteiger charge is -2.39. The summed E-state index contributed by atoms with van der Waals surface area (Å²) in [4.78, 5) is 21.8. The van der Waals surface area contributed by atoms with Crippen molar-refractivity contribution in [1.29, 1.82) is 0 Å². The Kier molecular flexibility index (Phi) is 6.91. The average molecular weight is 533 g/mol. The van der Waals surface area contributed by atoms with Crippen LogP contribution < -0.4 is 10.2 Å². The van der Waals surface area contributed by atoms with Gasteiger partial charge in [0.25, 0.3) is 0 Å². The molecule has 6 rings (SSSR count). The summed E-state index contributed by atoms with van der Waals surface area (Å²) in [6.45, 7) is 5.04. The van der Waals surface area contributed by atoms with Crippen molar-refractivity contribution in [3.8, 4) is 0 Å². The molecule has 8 heteroatoms. The van der Waals surface area contributed by atoms with Crippen molar-refractivity contribution in [2.24, 2.45) is 0 Å². The molecule has 0 aliphatic carbocycles. The largest absolute Gasteiger partial charge is 0.372 e. The Balaban J connectivity index is 1.16. The van der Waals surface area contributed by atoms with Crippen LogP contribution in [-0.4, -0.2) is 42.1 Å². The van der Waals surface area contributed by atoms with Crippen LogP contribution in [0.3, 0.4) is 0 Å². The number of anilines is 1. The number of piperidine rings is 1. The Hall–Kier alpha value is -3.26. The second-order valence-electron chi connectivity index (χ2n) is 10.4. The van der Waals surface area contributed by atoms with E-state index in [4.69, 9.17) is 16.3 Å². The van der Waals surface area contributed by atoms with Crippen LogP contribution in [0.4, 0.5) is 14.9 Å². The van der Waals surface area contributed by atoms with Crippen molar-refractivity contribution in [3.05, 3.63) is 99.6 Å². The first-order valence-corrected chi connectivity index (χ1v) is 13.4. The summed E-state index contributed by atoms with van der Waals surface area (Å²) in [5.41, 5.74) is 6.52. The summed E-state index contributed by atoms with van der Waals surface area (Å²) >= 11 is 6.02. The standard InChI is InChI=1S/C30H30ClFN4O2/c31-28-14-22(7-10-33-28)17-34-29(37)36-20-30(26-15-23-18-38-19-24(23)16-27(26)36)8-12-35(13-9-30)11-1-2-21-3-5-25(32)6-4-21/h1-7,10,14-16H,8-9,11-13,17-20H2,(H,34,37). The Morgan fingerprint density at radius 3 is 2.63 bits per heavy atom. The fourth-order valence-electron chi connectivity index (χ4n) is 5.85. The molecule has 1 spiro atoms. The number of pyridine rings is 1. The van der Waals surface area contributed by atoms with Gasteiger partial charge in [-0.25, -0.2) is 14.2 Å². The van der Waals surface area contributed by atoms with Crippen LogP contribution in [0.1, 0.15) is 40.7 Å². The molecule has 2 aromatic carbocycles. The van der Waals surface area contributed by atoms with Crippen LogP contribution in [0, 0.1) is 5.82 Å². The van der Waals surface area contributed by atoms with Crippen molar-refractivity contribution in [3.63, 3.8) is 0 Å². The van der Waals surface area contributed by atoms with Gasteiger partial charge in [-0.3, -0.25) is 9.80 Å². The number of hydrogen-bond donors (Lipinski definition) is 1. The molecule has 0 saturated carbocycles. The van der Waals surface area contributed by atoms with Crippen LogP contribution in [0.25, 0.3) is 6.08 Å². The van der Waals surface area contributed by atoms with E-state index < -0.39 is 0 Å². The highest BCUT2D eigenvalue weighted by atomic mass is 35.5. The SMILES string of the molecule is O=C(NCc1ccnc(Cl)c1)N1CC2(CCN(CC=Cc3ccc(F)cc3)CC2)c2cc3c(cc21)COC3. The predicted molar refractivity (Wildman–Crippen MR) is 147 cm³/mol. The maximum Gasteiger partial charge on any atom is 0.322 e. The molecule has 3 aliphatic rings. The second kappa shape index (κ2) is 10.5. The van der Waals surface area contributed by atoms with Gasteiger partial charge in [-0.1, -0.05) is 42.0 Å². The number of rotatable bonds is 5. The van der Waals surface area contributed by atoms with Gasteiger partial charge in [-0.2, -0.15) is 0 Å². The Bertz CT molecular complexity index is 1370. The molecule has 4 heterocycles. The van der Waals surface area contributed by atoms with Crippen LogP contribution >= 0.6 is 11.6 Å². The summed E-state index contributed by atoms with van der Waals surface area (Å²) in [6, 6.07) is 14.5. The topological polar surface area (TPSA) is 57.7 Å². The molecule has 1 saturated heterocycles. The molecule has 1 N–H and O–H groups in total. The number of ether oxygens (including phenoxy) is 1. The van der Waals surface area contributed by atoms with Gasteiger partial charge < -0.3 is 10.1 Å². The van der Waals surface area contributed by atoms with Gasteiger partial charge in [-0.05, 0) is 84.1 Å². The maximum atomic E-state index is 13.4. The third kappa shape index (κ3) is 5.06. The van der Waals surface area contributed by atoms with Crippen molar-refractivity contribution < 1.29 is 13.9 Å². The minimum absolute atomic E-state index is 0.0680. The number of aromatic nitrogens is 1.